The van der Waals surface area contributed by atoms with Crippen molar-refractivity contribution in [1.29, 1.82) is 0 Å². The summed E-state index contributed by atoms with van der Waals surface area (Å²) in [6, 6.07) is 5.06. The summed E-state index contributed by atoms with van der Waals surface area (Å²) in [4.78, 5) is 27.6. The molecule has 1 aliphatic heterocycles. The van der Waals surface area contributed by atoms with Gasteiger partial charge in [0.15, 0.2) is 0 Å². The molecule has 4 nitrogen and oxygen atoms in total. The molecule has 0 N–H and O–H groups in total. The fourth-order valence-electron chi connectivity index (χ4n) is 2.72. The second-order valence-electron chi connectivity index (χ2n) is 5.77. The van der Waals surface area contributed by atoms with Gasteiger partial charge in [-0.3, -0.25) is 9.59 Å². The molecule has 22 heavy (non-hydrogen) atoms. The number of benzene rings is 1. The van der Waals surface area contributed by atoms with E-state index in [9.17, 15) is 9.59 Å². The zero-order chi connectivity index (χ0) is 16.3. The van der Waals surface area contributed by atoms with Crippen LogP contribution in [0.15, 0.2) is 18.2 Å². The highest BCUT2D eigenvalue weighted by Crippen LogP contribution is 2.32. The summed E-state index contributed by atoms with van der Waals surface area (Å²) < 4.78 is 0. The third kappa shape index (κ3) is 3.93. The zero-order valence-corrected chi connectivity index (χ0v) is 14.3. The summed E-state index contributed by atoms with van der Waals surface area (Å²) >= 11 is 12.2. The monoisotopic (exact) mass is 342 g/mol. The van der Waals surface area contributed by atoms with Gasteiger partial charge in [0.25, 0.3) is 0 Å². The molecule has 0 spiro atoms. The summed E-state index contributed by atoms with van der Waals surface area (Å²) in [7, 11) is 0. The number of carbonyl (C=O) groups excluding carboxylic acids is 2. The van der Waals surface area contributed by atoms with E-state index in [0.29, 0.717) is 21.7 Å². The van der Waals surface area contributed by atoms with Crippen LogP contribution in [0.1, 0.15) is 26.7 Å². The number of anilines is 1. The van der Waals surface area contributed by atoms with Gasteiger partial charge in [-0.25, -0.2) is 0 Å². The molecule has 1 aromatic rings. The molecule has 1 atom stereocenters. The number of nitrogens with zero attached hydrogens (tertiary/aromatic N) is 2. The fourth-order valence-corrected chi connectivity index (χ4v) is 3.12. The van der Waals surface area contributed by atoms with Crippen molar-refractivity contribution in [3.63, 3.8) is 0 Å². The van der Waals surface area contributed by atoms with E-state index in [4.69, 9.17) is 23.2 Å². The van der Waals surface area contributed by atoms with Gasteiger partial charge in [-0.1, -0.05) is 36.2 Å². The third-order valence-corrected chi connectivity index (χ3v) is 4.71. The number of hydrogen-bond donors (Lipinski definition) is 0. The van der Waals surface area contributed by atoms with E-state index in [1.165, 1.54) is 11.8 Å². The van der Waals surface area contributed by atoms with Gasteiger partial charge in [0.2, 0.25) is 11.8 Å². The van der Waals surface area contributed by atoms with Crippen LogP contribution in [0.25, 0.3) is 0 Å². The van der Waals surface area contributed by atoms with E-state index in [0.717, 1.165) is 25.9 Å². The average molecular weight is 343 g/mol. The normalized spacial score (nSPS) is 18.2. The second-order valence-corrected chi connectivity index (χ2v) is 6.55. The van der Waals surface area contributed by atoms with Crippen molar-refractivity contribution < 1.29 is 9.59 Å². The minimum atomic E-state index is -0.234. The maximum Gasteiger partial charge on any atom is 0.242 e. The SMILES string of the molecule is CC(=O)N(CC(=O)N1CCCC(C)C1)c1cccc(Cl)c1Cl. The van der Waals surface area contributed by atoms with E-state index < -0.39 is 0 Å². The van der Waals surface area contributed by atoms with Crippen LogP contribution in [0, 0.1) is 5.92 Å². The van der Waals surface area contributed by atoms with E-state index >= 15 is 0 Å². The Morgan fingerprint density at radius 3 is 2.73 bits per heavy atom. The average Bonchev–Trinajstić information content (AvgIpc) is 2.47. The first-order chi connectivity index (χ1) is 10.4. The van der Waals surface area contributed by atoms with Gasteiger partial charge < -0.3 is 9.80 Å². The summed E-state index contributed by atoms with van der Waals surface area (Å²) in [6.45, 7) is 5.04. The van der Waals surface area contributed by atoms with E-state index in [-0.39, 0.29) is 18.4 Å². The molecule has 0 aromatic heterocycles. The number of halogens is 2. The maximum absolute atomic E-state index is 12.5. The predicted molar refractivity (Wildman–Crippen MR) is 89.5 cm³/mol. The molecular formula is C16H20Cl2N2O2. The van der Waals surface area contributed by atoms with Gasteiger partial charge in [0, 0.05) is 20.0 Å². The van der Waals surface area contributed by atoms with Crippen LogP contribution in [-0.2, 0) is 9.59 Å². The maximum atomic E-state index is 12.5. The van der Waals surface area contributed by atoms with Crippen LogP contribution in [0.2, 0.25) is 10.0 Å². The Hall–Kier alpha value is -1.26. The Kier molecular flexibility index (Phi) is 5.70. The number of piperidine rings is 1. The lowest BCUT2D eigenvalue weighted by Gasteiger charge is -2.33. The van der Waals surface area contributed by atoms with Gasteiger partial charge in [-0.15, -0.1) is 0 Å². The van der Waals surface area contributed by atoms with Crippen molar-refractivity contribution in [2.45, 2.75) is 26.7 Å². The molecule has 1 aliphatic rings. The molecule has 0 bridgehead atoms. The molecule has 0 radical (unpaired) electrons. The number of rotatable bonds is 3. The first-order valence-corrected chi connectivity index (χ1v) is 8.15. The lowest BCUT2D eigenvalue weighted by atomic mass is 10.0. The molecule has 1 fully saturated rings. The van der Waals surface area contributed by atoms with Crippen LogP contribution in [0.4, 0.5) is 5.69 Å². The second kappa shape index (κ2) is 7.34. The Morgan fingerprint density at radius 2 is 2.09 bits per heavy atom. The third-order valence-electron chi connectivity index (χ3n) is 3.91. The number of carbonyl (C=O) groups is 2. The Morgan fingerprint density at radius 1 is 1.36 bits per heavy atom. The quantitative estimate of drug-likeness (QED) is 0.841. The van der Waals surface area contributed by atoms with Crippen molar-refractivity contribution in [2.75, 3.05) is 24.5 Å². The molecule has 1 aromatic carbocycles. The van der Waals surface area contributed by atoms with Crippen LogP contribution in [-0.4, -0.2) is 36.3 Å². The molecule has 1 heterocycles. The van der Waals surface area contributed by atoms with Gasteiger partial charge in [0.1, 0.15) is 6.54 Å². The van der Waals surface area contributed by atoms with Crippen molar-refractivity contribution in [1.82, 2.24) is 4.90 Å². The van der Waals surface area contributed by atoms with Gasteiger partial charge >= 0.3 is 0 Å². The lowest BCUT2D eigenvalue weighted by Crippen LogP contribution is -2.46. The molecule has 0 aliphatic carbocycles. The number of likely N-dealkylation sites (tertiary alicyclic amines) is 1. The summed E-state index contributed by atoms with van der Waals surface area (Å²) in [5, 5.41) is 0.656. The Bertz CT molecular complexity index is 577. The van der Waals surface area contributed by atoms with Crippen molar-refractivity contribution in [3.05, 3.63) is 28.2 Å². The molecule has 0 saturated carbocycles. The first-order valence-electron chi connectivity index (χ1n) is 7.40. The van der Waals surface area contributed by atoms with Crippen molar-refractivity contribution >= 4 is 40.7 Å². The summed E-state index contributed by atoms with van der Waals surface area (Å²) in [5.41, 5.74) is 0.472. The molecule has 1 saturated heterocycles. The molecule has 1 unspecified atom stereocenters. The van der Waals surface area contributed by atoms with E-state index in [2.05, 4.69) is 6.92 Å². The van der Waals surface area contributed by atoms with Gasteiger partial charge in [-0.2, -0.15) is 0 Å². The minimum absolute atomic E-state index is 0.0118. The van der Waals surface area contributed by atoms with Crippen LogP contribution in [0.3, 0.4) is 0 Å². The van der Waals surface area contributed by atoms with Crippen LogP contribution in [0.5, 0.6) is 0 Å². The van der Waals surface area contributed by atoms with E-state index in [1.807, 2.05) is 4.90 Å². The first kappa shape index (κ1) is 17.1. The smallest absolute Gasteiger partial charge is 0.242 e. The lowest BCUT2D eigenvalue weighted by molar-refractivity contribution is -0.132. The van der Waals surface area contributed by atoms with Gasteiger partial charge in [0.05, 0.1) is 15.7 Å². The topological polar surface area (TPSA) is 40.6 Å². The standard InChI is InChI=1S/C16H20Cl2N2O2/c1-11-5-4-8-19(9-11)15(22)10-20(12(2)21)14-7-3-6-13(17)16(14)18/h3,6-7,11H,4-5,8-10H2,1-2H3. The summed E-state index contributed by atoms with van der Waals surface area (Å²) in [5.74, 6) is 0.207. The Balaban J connectivity index is 2.17. The molecule has 6 heteroatoms. The van der Waals surface area contributed by atoms with Gasteiger partial charge in [-0.05, 0) is 30.9 Å². The molecular weight excluding hydrogens is 323 g/mol. The largest absolute Gasteiger partial charge is 0.341 e. The summed E-state index contributed by atoms with van der Waals surface area (Å²) in [6.07, 6.45) is 2.14. The Labute approximate surface area is 141 Å². The fraction of sp³-hybridized carbons (Fsp3) is 0.500. The van der Waals surface area contributed by atoms with Crippen LogP contribution < -0.4 is 4.90 Å². The zero-order valence-electron chi connectivity index (χ0n) is 12.8. The van der Waals surface area contributed by atoms with Crippen LogP contribution >= 0.6 is 23.2 Å². The highest BCUT2D eigenvalue weighted by Gasteiger charge is 2.25. The number of amides is 2. The minimum Gasteiger partial charge on any atom is -0.341 e. The molecule has 120 valence electrons. The van der Waals surface area contributed by atoms with E-state index in [1.54, 1.807) is 18.2 Å². The molecule has 2 amide bonds. The van der Waals surface area contributed by atoms with Crippen molar-refractivity contribution in [3.8, 4) is 0 Å². The number of hydrogen-bond acceptors (Lipinski definition) is 2. The van der Waals surface area contributed by atoms with Crippen molar-refractivity contribution in [2.24, 2.45) is 5.92 Å². The predicted octanol–water partition coefficient (Wildman–Crippen LogP) is 3.60. The molecule has 2 rings (SSSR count). The highest BCUT2D eigenvalue weighted by atomic mass is 35.5. The highest BCUT2D eigenvalue weighted by molar-refractivity contribution is 6.44.